The Balaban J connectivity index is 4.12. The molecular weight excluding hydrogens is 756 g/mol. The molecule has 0 aromatic carbocycles. The number of phosphoric ester groups is 1. The third-order valence-electron chi connectivity index (χ3n) is 11.8. The maximum absolute atomic E-state index is 12.9. The summed E-state index contributed by atoms with van der Waals surface area (Å²) in [6, 6.07) is -0.756. The van der Waals surface area contributed by atoms with Gasteiger partial charge in [-0.25, -0.2) is 4.57 Å². The number of allylic oxidation sites excluding steroid dienone is 2. The van der Waals surface area contributed by atoms with Gasteiger partial charge in [0, 0.05) is 6.42 Å². The summed E-state index contributed by atoms with van der Waals surface area (Å²) >= 11 is 0. The van der Waals surface area contributed by atoms with Gasteiger partial charge in [-0.2, -0.15) is 0 Å². The highest BCUT2D eigenvalue weighted by Gasteiger charge is 2.28. The van der Waals surface area contributed by atoms with E-state index in [-0.39, 0.29) is 19.1 Å². The predicted molar refractivity (Wildman–Crippen MR) is 254 cm³/mol. The number of phosphoric acid groups is 1. The van der Waals surface area contributed by atoms with Gasteiger partial charge in [0.25, 0.3) is 0 Å². The molecule has 3 unspecified atom stereocenters. The minimum Gasteiger partial charge on any atom is -0.391 e. The van der Waals surface area contributed by atoms with Crippen LogP contribution < -0.4 is 5.32 Å². The largest absolute Gasteiger partial charge is 0.472 e. The Hall–Kier alpha value is -0.760. The molecule has 0 spiro atoms. The van der Waals surface area contributed by atoms with Crippen LogP contribution in [0.25, 0.3) is 0 Å². The molecule has 0 radical (unpaired) electrons. The van der Waals surface area contributed by atoms with Crippen molar-refractivity contribution in [3.63, 3.8) is 0 Å². The van der Waals surface area contributed by atoms with Crippen molar-refractivity contribution in [1.29, 1.82) is 0 Å². The molecule has 0 rings (SSSR count). The van der Waals surface area contributed by atoms with Crippen molar-refractivity contribution in [2.45, 2.75) is 264 Å². The van der Waals surface area contributed by atoms with Gasteiger partial charge in [-0.1, -0.05) is 219 Å². The minimum absolute atomic E-state index is 0.0770. The minimum atomic E-state index is -4.31. The summed E-state index contributed by atoms with van der Waals surface area (Å²) in [4.78, 5) is 23.2. The molecule has 3 N–H and O–H groups in total. The molecule has 352 valence electrons. The Morgan fingerprint density at radius 2 is 0.915 bits per heavy atom. The van der Waals surface area contributed by atoms with Crippen molar-refractivity contribution < 1.29 is 32.9 Å². The lowest BCUT2D eigenvalue weighted by Crippen LogP contribution is -2.46. The first-order valence-corrected chi connectivity index (χ1v) is 27.0. The van der Waals surface area contributed by atoms with E-state index in [1.165, 1.54) is 186 Å². The van der Waals surface area contributed by atoms with Gasteiger partial charge in [0.15, 0.2) is 0 Å². The molecule has 8 nitrogen and oxygen atoms in total. The predicted octanol–water partition coefficient (Wildman–Crippen LogP) is 14.7. The van der Waals surface area contributed by atoms with Gasteiger partial charge >= 0.3 is 7.82 Å². The van der Waals surface area contributed by atoms with E-state index in [0.29, 0.717) is 23.9 Å². The topological polar surface area (TPSA) is 105 Å². The van der Waals surface area contributed by atoms with Gasteiger partial charge in [0.1, 0.15) is 13.2 Å². The van der Waals surface area contributed by atoms with Crippen LogP contribution in [0, 0.1) is 0 Å². The lowest BCUT2D eigenvalue weighted by Gasteiger charge is -2.26. The van der Waals surface area contributed by atoms with Gasteiger partial charge < -0.3 is 19.8 Å². The maximum Gasteiger partial charge on any atom is 0.472 e. The Morgan fingerprint density at radius 1 is 0.559 bits per heavy atom. The molecular formula is C50H102N2O6P+. The number of quaternary nitrogens is 1. The van der Waals surface area contributed by atoms with Crippen molar-refractivity contribution in [2.75, 3.05) is 40.9 Å². The number of rotatable bonds is 47. The van der Waals surface area contributed by atoms with Crippen molar-refractivity contribution in [3.05, 3.63) is 12.2 Å². The Kier molecular flexibility index (Phi) is 42.0. The molecule has 0 saturated heterocycles. The quantitative estimate of drug-likeness (QED) is 0.0244. The highest BCUT2D eigenvalue weighted by molar-refractivity contribution is 7.47. The number of unbranched alkanes of at least 4 members (excludes halogenated alkanes) is 32. The summed E-state index contributed by atoms with van der Waals surface area (Å²) in [6.45, 7) is 4.90. The molecule has 0 aromatic rings. The molecule has 0 aliphatic carbocycles. The summed E-state index contributed by atoms with van der Waals surface area (Å²) in [5.74, 6) is -0.142. The van der Waals surface area contributed by atoms with E-state index in [4.69, 9.17) is 9.05 Å². The number of aliphatic hydroxyl groups is 1. The van der Waals surface area contributed by atoms with E-state index >= 15 is 0 Å². The number of nitrogens with one attached hydrogen (secondary N) is 1. The second kappa shape index (κ2) is 42.5. The smallest absolute Gasteiger partial charge is 0.391 e. The van der Waals surface area contributed by atoms with Gasteiger partial charge in [0.2, 0.25) is 5.91 Å². The van der Waals surface area contributed by atoms with Crippen LogP contribution in [0.5, 0.6) is 0 Å². The zero-order valence-corrected chi connectivity index (χ0v) is 40.9. The number of hydrogen-bond donors (Lipinski definition) is 3. The average Bonchev–Trinajstić information content (AvgIpc) is 3.19. The zero-order chi connectivity index (χ0) is 43.6. The summed E-state index contributed by atoms with van der Waals surface area (Å²) in [5.41, 5.74) is 0. The van der Waals surface area contributed by atoms with Crippen LogP contribution in [-0.2, 0) is 18.4 Å². The fraction of sp³-hybridized carbons (Fsp3) is 0.940. The molecule has 0 saturated carbocycles. The highest BCUT2D eigenvalue weighted by Crippen LogP contribution is 2.43. The highest BCUT2D eigenvalue weighted by atomic mass is 31.2. The Bertz CT molecular complexity index is 974. The van der Waals surface area contributed by atoms with E-state index in [2.05, 4.69) is 31.3 Å². The number of aliphatic hydroxyl groups excluding tert-OH is 1. The van der Waals surface area contributed by atoms with E-state index < -0.39 is 20.0 Å². The van der Waals surface area contributed by atoms with Crippen LogP contribution in [0.1, 0.15) is 251 Å². The summed E-state index contributed by atoms with van der Waals surface area (Å²) in [7, 11) is 1.62. The molecule has 59 heavy (non-hydrogen) atoms. The van der Waals surface area contributed by atoms with Crippen LogP contribution in [0.15, 0.2) is 12.2 Å². The van der Waals surface area contributed by atoms with Crippen molar-refractivity contribution >= 4 is 13.7 Å². The monoisotopic (exact) mass is 858 g/mol. The third-order valence-corrected chi connectivity index (χ3v) is 12.7. The molecule has 0 aromatic heterocycles. The molecule has 0 aliphatic rings. The second-order valence-electron chi connectivity index (χ2n) is 18.9. The molecule has 0 aliphatic heterocycles. The number of hydrogen-bond acceptors (Lipinski definition) is 5. The van der Waals surface area contributed by atoms with Gasteiger partial charge in [-0.15, -0.1) is 0 Å². The summed E-state index contributed by atoms with van der Waals surface area (Å²) in [6.07, 6.45) is 49.7. The van der Waals surface area contributed by atoms with Crippen LogP contribution in [0.4, 0.5) is 0 Å². The molecule has 0 fully saturated rings. The first-order valence-electron chi connectivity index (χ1n) is 25.6. The maximum atomic E-state index is 12.9. The van der Waals surface area contributed by atoms with Crippen LogP contribution in [0.3, 0.4) is 0 Å². The van der Waals surface area contributed by atoms with Crippen LogP contribution in [-0.4, -0.2) is 73.4 Å². The summed E-state index contributed by atoms with van der Waals surface area (Å²) < 4.78 is 23.7. The number of likely N-dealkylation sites (N-methyl/N-ethyl adjacent to an activating group) is 1. The number of carbonyl (C=O) groups is 1. The number of carbonyl (C=O) groups excluding carboxylic acids is 1. The standard InChI is InChI=1S/C50H101N2O6P/c1-6-8-10-12-14-16-18-20-21-22-23-24-25-26-27-28-29-30-31-32-34-36-38-40-42-44-50(54)51-48(47-58-59(55,56)57-46-45-52(3,4)5)49(53)43-41-39-37-35-33-19-17-15-13-11-9-7-2/h22-23,48-49,53H,6-21,24-47H2,1-5H3,(H-,51,54,55,56)/p+1/b23-22-. The van der Waals surface area contributed by atoms with Crippen molar-refractivity contribution in [1.82, 2.24) is 5.32 Å². The SMILES string of the molecule is CCCCCCCCCC/C=C\CCCCCCCCCCCCCCCC(=O)NC(COP(=O)(O)OCC[N+](C)(C)C)C(O)CCCCCCCCCCCCCC. The fourth-order valence-corrected chi connectivity index (χ4v) is 8.43. The fourth-order valence-electron chi connectivity index (χ4n) is 7.69. The zero-order valence-electron chi connectivity index (χ0n) is 40.0. The lowest BCUT2D eigenvalue weighted by molar-refractivity contribution is -0.870. The lowest BCUT2D eigenvalue weighted by atomic mass is 10.0. The number of nitrogens with zero attached hydrogens (tertiary/aromatic N) is 1. The van der Waals surface area contributed by atoms with Crippen molar-refractivity contribution in [3.8, 4) is 0 Å². The van der Waals surface area contributed by atoms with Gasteiger partial charge in [0.05, 0.1) is 39.9 Å². The van der Waals surface area contributed by atoms with E-state index in [0.717, 1.165) is 38.5 Å². The van der Waals surface area contributed by atoms with E-state index in [1.807, 2.05) is 21.1 Å². The molecule has 0 heterocycles. The van der Waals surface area contributed by atoms with Crippen LogP contribution >= 0.6 is 7.82 Å². The van der Waals surface area contributed by atoms with E-state index in [9.17, 15) is 19.4 Å². The third kappa shape index (κ3) is 45.1. The molecule has 3 atom stereocenters. The van der Waals surface area contributed by atoms with E-state index in [1.54, 1.807) is 0 Å². The first-order chi connectivity index (χ1) is 28.5. The normalized spacial score (nSPS) is 14.2. The summed E-state index contributed by atoms with van der Waals surface area (Å²) in [5, 5.41) is 14.0. The first kappa shape index (κ1) is 58.2. The van der Waals surface area contributed by atoms with Crippen LogP contribution in [0.2, 0.25) is 0 Å². The second-order valence-corrected chi connectivity index (χ2v) is 20.4. The molecule has 1 amide bonds. The molecule has 0 bridgehead atoms. The van der Waals surface area contributed by atoms with Crippen molar-refractivity contribution in [2.24, 2.45) is 0 Å². The van der Waals surface area contributed by atoms with Gasteiger partial charge in [-0.05, 0) is 38.5 Å². The van der Waals surface area contributed by atoms with Gasteiger partial charge in [-0.3, -0.25) is 13.8 Å². The Morgan fingerprint density at radius 3 is 1.31 bits per heavy atom. The number of amides is 1. The average molecular weight is 858 g/mol. The molecule has 9 heteroatoms. The Labute approximate surface area is 367 Å².